The molecular weight excluding hydrogens is 280 g/mol. The van der Waals surface area contributed by atoms with Crippen LogP contribution in [0.3, 0.4) is 0 Å². The van der Waals surface area contributed by atoms with Crippen LogP contribution in [0.1, 0.15) is 29.9 Å². The Balaban J connectivity index is 2.26. The molecule has 1 heterocycles. The van der Waals surface area contributed by atoms with Crippen molar-refractivity contribution in [3.8, 4) is 0 Å². The lowest BCUT2D eigenvalue weighted by Crippen LogP contribution is -2.27. The van der Waals surface area contributed by atoms with Gasteiger partial charge in [-0.1, -0.05) is 6.07 Å². The molecule has 0 amide bonds. The molecule has 0 saturated carbocycles. The molecule has 8 heteroatoms. The average Bonchev–Trinajstić information content (AvgIpc) is 2.92. The predicted octanol–water partition coefficient (Wildman–Crippen LogP) is 0.645. The average molecular weight is 296 g/mol. The number of aromatic nitrogens is 3. The molecule has 2 rings (SSSR count). The highest BCUT2D eigenvalue weighted by Crippen LogP contribution is 2.18. The van der Waals surface area contributed by atoms with Gasteiger partial charge in [-0.3, -0.25) is 5.10 Å². The zero-order chi connectivity index (χ0) is 14.8. The van der Waals surface area contributed by atoms with Crippen molar-refractivity contribution in [1.82, 2.24) is 19.9 Å². The molecule has 1 aromatic carbocycles. The van der Waals surface area contributed by atoms with Crippen LogP contribution in [-0.4, -0.2) is 28.7 Å². The molecule has 0 bridgehead atoms. The van der Waals surface area contributed by atoms with Crippen LogP contribution in [0.2, 0.25) is 0 Å². The highest BCUT2D eigenvalue weighted by molar-refractivity contribution is 7.89. The number of sulfonamides is 1. The Morgan fingerprint density at radius 3 is 2.80 bits per heavy atom. The first-order valence-corrected chi connectivity index (χ1v) is 7.50. The number of hydrogen-bond acceptors (Lipinski definition) is 5. The molecule has 0 aliphatic rings. The summed E-state index contributed by atoms with van der Waals surface area (Å²) in [6, 6.07) is 4.11. The molecule has 0 fully saturated rings. The monoisotopic (exact) mass is 296 g/mol. The van der Waals surface area contributed by atoms with E-state index in [2.05, 4.69) is 19.9 Å². The standard InChI is InChI=1S/C12H16N4O3S/c1-8-3-4-11(5-10(8)6-17)20(18,19)16-9(2)12-13-7-14-15-12/h3-5,7,9,16-17H,6H2,1-2H3,(H,13,14,15). The van der Waals surface area contributed by atoms with E-state index in [0.29, 0.717) is 11.4 Å². The Hall–Kier alpha value is -1.77. The number of aromatic amines is 1. The van der Waals surface area contributed by atoms with E-state index in [9.17, 15) is 13.5 Å². The summed E-state index contributed by atoms with van der Waals surface area (Å²) in [4.78, 5) is 4.02. The Morgan fingerprint density at radius 2 is 2.20 bits per heavy atom. The number of benzene rings is 1. The highest BCUT2D eigenvalue weighted by Gasteiger charge is 2.20. The first kappa shape index (κ1) is 14.6. The molecular formula is C12H16N4O3S. The van der Waals surface area contributed by atoms with Crippen LogP contribution < -0.4 is 4.72 Å². The molecule has 3 N–H and O–H groups in total. The van der Waals surface area contributed by atoms with Gasteiger partial charge in [0, 0.05) is 0 Å². The third-order valence-electron chi connectivity index (χ3n) is 2.98. The first-order chi connectivity index (χ1) is 9.44. The number of H-pyrrole nitrogens is 1. The second-order valence-corrected chi connectivity index (χ2v) is 6.17. The van der Waals surface area contributed by atoms with Gasteiger partial charge >= 0.3 is 0 Å². The third-order valence-corrected chi connectivity index (χ3v) is 4.52. The van der Waals surface area contributed by atoms with Crippen LogP contribution >= 0.6 is 0 Å². The van der Waals surface area contributed by atoms with E-state index in [-0.39, 0.29) is 11.5 Å². The summed E-state index contributed by atoms with van der Waals surface area (Å²) in [7, 11) is -3.68. The molecule has 108 valence electrons. The Morgan fingerprint density at radius 1 is 1.45 bits per heavy atom. The van der Waals surface area contributed by atoms with Gasteiger partial charge in [0.05, 0.1) is 17.5 Å². The van der Waals surface area contributed by atoms with E-state index in [4.69, 9.17) is 0 Å². The van der Waals surface area contributed by atoms with Gasteiger partial charge in [0.1, 0.15) is 12.2 Å². The van der Waals surface area contributed by atoms with Crippen molar-refractivity contribution in [3.63, 3.8) is 0 Å². The van der Waals surface area contributed by atoms with Crippen molar-refractivity contribution >= 4 is 10.0 Å². The molecule has 0 spiro atoms. The lowest BCUT2D eigenvalue weighted by Gasteiger charge is -2.13. The zero-order valence-electron chi connectivity index (χ0n) is 11.2. The number of aliphatic hydroxyl groups is 1. The number of nitrogens with one attached hydrogen (secondary N) is 2. The lowest BCUT2D eigenvalue weighted by atomic mass is 10.1. The summed E-state index contributed by atoms with van der Waals surface area (Å²) in [5, 5.41) is 15.5. The minimum atomic E-state index is -3.68. The van der Waals surface area contributed by atoms with Crippen LogP contribution in [0.5, 0.6) is 0 Å². The highest BCUT2D eigenvalue weighted by atomic mass is 32.2. The maximum absolute atomic E-state index is 12.3. The number of aryl methyl sites for hydroxylation is 1. The summed E-state index contributed by atoms with van der Waals surface area (Å²) >= 11 is 0. The van der Waals surface area contributed by atoms with E-state index < -0.39 is 16.1 Å². The first-order valence-electron chi connectivity index (χ1n) is 6.02. The summed E-state index contributed by atoms with van der Waals surface area (Å²) in [6.45, 7) is 3.28. The molecule has 0 aliphatic carbocycles. The Bertz CT molecular complexity index is 683. The van der Waals surface area contributed by atoms with Crippen molar-refractivity contribution in [2.75, 3.05) is 0 Å². The fourth-order valence-electron chi connectivity index (χ4n) is 1.77. The summed E-state index contributed by atoms with van der Waals surface area (Å²) in [5.74, 6) is 0.433. The second kappa shape index (κ2) is 5.70. The van der Waals surface area contributed by atoms with E-state index in [0.717, 1.165) is 5.56 Å². The van der Waals surface area contributed by atoms with Crippen LogP contribution in [0.25, 0.3) is 0 Å². The minimum absolute atomic E-state index is 0.110. The van der Waals surface area contributed by atoms with Gasteiger partial charge in [0.25, 0.3) is 0 Å². The van der Waals surface area contributed by atoms with Crippen molar-refractivity contribution < 1.29 is 13.5 Å². The van der Waals surface area contributed by atoms with Crippen LogP contribution in [-0.2, 0) is 16.6 Å². The van der Waals surface area contributed by atoms with Gasteiger partial charge in [-0.15, -0.1) is 0 Å². The zero-order valence-corrected chi connectivity index (χ0v) is 12.0. The van der Waals surface area contributed by atoms with Crippen molar-refractivity contribution in [3.05, 3.63) is 41.5 Å². The smallest absolute Gasteiger partial charge is 0.241 e. The van der Waals surface area contributed by atoms with Gasteiger partial charge < -0.3 is 5.11 Å². The number of nitrogens with zero attached hydrogens (tertiary/aromatic N) is 2. The molecule has 1 atom stereocenters. The molecule has 0 radical (unpaired) electrons. The fraction of sp³-hybridized carbons (Fsp3) is 0.333. The summed E-state index contributed by atoms with van der Waals surface area (Å²) in [6.07, 6.45) is 1.32. The van der Waals surface area contributed by atoms with Gasteiger partial charge in [0.2, 0.25) is 10.0 Å². The molecule has 20 heavy (non-hydrogen) atoms. The minimum Gasteiger partial charge on any atom is -0.392 e. The topological polar surface area (TPSA) is 108 Å². The molecule has 1 unspecified atom stereocenters. The van der Waals surface area contributed by atoms with Crippen molar-refractivity contribution in [2.45, 2.75) is 31.4 Å². The Kier molecular flexibility index (Phi) is 4.17. The number of aliphatic hydroxyl groups excluding tert-OH is 1. The normalized spacial score (nSPS) is 13.3. The SMILES string of the molecule is Cc1ccc(S(=O)(=O)NC(C)c2ncn[nH]2)cc1CO. The van der Waals surface area contributed by atoms with Gasteiger partial charge in [-0.2, -0.15) is 5.10 Å². The van der Waals surface area contributed by atoms with E-state index >= 15 is 0 Å². The maximum atomic E-state index is 12.3. The predicted molar refractivity (Wildman–Crippen MR) is 72.2 cm³/mol. The molecule has 1 aromatic heterocycles. The van der Waals surface area contributed by atoms with Crippen LogP contribution in [0, 0.1) is 6.92 Å². The van der Waals surface area contributed by atoms with Gasteiger partial charge in [-0.25, -0.2) is 18.1 Å². The fourth-order valence-corrected chi connectivity index (χ4v) is 3.02. The third kappa shape index (κ3) is 3.03. The number of rotatable bonds is 5. The van der Waals surface area contributed by atoms with Gasteiger partial charge in [0.15, 0.2) is 0 Å². The van der Waals surface area contributed by atoms with E-state index in [1.165, 1.54) is 18.5 Å². The van der Waals surface area contributed by atoms with E-state index in [1.54, 1.807) is 13.0 Å². The van der Waals surface area contributed by atoms with Crippen LogP contribution in [0.15, 0.2) is 29.4 Å². The van der Waals surface area contributed by atoms with Crippen molar-refractivity contribution in [1.29, 1.82) is 0 Å². The summed E-state index contributed by atoms with van der Waals surface area (Å²) < 4.78 is 27.0. The maximum Gasteiger partial charge on any atom is 0.241 e. The quantitative estimate of drug-likeness (QED) is 0.750. The lowest BCUT2D eigenvalue weighted by molar-refractivity contribution is 0.280. The molecule has 0 saturated heterocycles. The van der Waals surface area contributed by atoms with Gasteiger partial charge in [-0.05, 0) is 37.1 Å². The summed E-state index contributed by atoms with van der Waals surface area (Å²) in [5.41, 5.74) is 1.43. The van der Waals surface area contributed by atoms with Crippen molar-refractivity contribution in [2.24, 2.45) is 0 Å². The Labute approximate surface area is 117 Å². The van der Waals surface area contributed by atoms with E-state index in [1.807, 2.05) is 6.92 Å². The molecule has 0 aliphatic heterocycles. The number of hydrogen-bond donors (Lipinski definition) is 3. The van der Waals surface area contributed by atoms with Crippen LogP contribution in [0.4, 0.5) is 0 Å². The largest absolute Gasteiger partial charge is 0.392 e. The molecule has 7 nitrogen and oxygen atoms in total. The second-order valence-electron chi connectivity index (χ2n) is 4.46. The molecule has 2 aromatic rings.